The van der Waals surface area contributed by atoms with Crippen LogP contribution in [0.25, 0.3) is 11.1 Å². The summed E-state index contributed by atoms with van der Waals surface area (Å²) in [6.45, 7) is 3.49. The van der Waals surface area contributed by atoms with Gasteiger partial charge in [-0.15, -0.1) is 0 Å². The molecule has 34 heavy (non-hydrogen) atoms. The van der Waals surface area contributed by atoms with Gasteiger partial charge in [0.25, 0.3) is 0 Å². The molecule has 2 aromatic carbocycles. The van der Waals surface area contributed by atoms with Gasteiger partial charge in [-0.3, -0.25) is 4.79 Å². The highest BCUT2D eigenvalue weighted by atomic mass is 16.5. The number of nitrogens with one attached hydrogen (secondary N) is 2. The SMILES string of the molecule is CCC(C)(NC(=O)C1CCCC(NC(=O)OCC2c3ccccc3-c3ccccc32)C1)C(=O)O. The van der Waals surface area contributed by atoms with Crippen molar-refractivity contribution in [3.8, 4) is 11.1 Å². The van der Waals surface area contributed by atoms with Gasteiger partial charge in [0.15, 0.2) is 0 Å². The van der Waals surface area contributed by atoms with E-state index in [1.54, 1.807) is 6.92 Å². The number of carboxylic acid groups (broad SMARTS) is 1. The van der Waals surface area contributed by atoms with Crippen molar-refractivity contribution in [2.75, 3.05) is 6.61 Å². The second kappa shape index (κ2) is 9.87. The maximum Gasteiger partial charge on any atom is 0.407 e. The molecule has 7 heteroatoms. The van der Waals surface area contributed by atoms with Crippen LogP contribution < -0.4 is 10.6 Å². The monoisotopic (exact) mass is 464 g/mol. The number of amides is 2. The number of aliphatic carboxylic acids is 1. The third-order valence-electron chi connectivity index (χ3n) is 7.29. The van der Waals surface area contributed by atoms with Gasteiger partial charge in [-0.1, -0.05) is 61.9 Å². The first-order chi connectivity index (χ1) is 16.3. The standard InChI is InChI=1S/C27H32N2O5/c1-3-27(2,25(31)32)29-24(30)17-9-8-10-18(15-17)28-26(33)34-16-23-21-13-6-4-11-19(21)20-12-5-7-14-22(20)23/h4-7,11-14,17-18,23H,3,8-10,15-16H2,1-2H3,(H,28,33)(H,29,30)(H,31,32). The summed E-state index contributed by atoms with van der Waals surface area (Å²) >= 11 is 0. The third kappa shape index (κ3) is 4.79. The lowest BCUT2D eigenvalue weighted by Crippen LogP contribution is -2.54. The zero-order valence-corrected chi connectivity index (χ0v) is 19.7. The van der Waals surface area contributed by atoms with E-state index < -0.39 is 17.6 Å². The molecule has 0 bridgehead atoms. The number of carbonyl (C=O) groups excluding carboxylic acids is 2. The summed E-state index contributed by atoms with van der Waals surface area (Å²) in [6, 6.07) is 16.2. The van der Waals surface area contributed by atoms with Gasteiger partial charge < -0.3 is 20.5 Å². The number of ether oxygens (including phenoxy) is 1. The molecule has 2 amide bonds. The second-order valence-corrected chi connectivity index (χ2v) is 9.51. The minimum atomic E-state index is -1.29. The first kappa shape index (κ1) is 23.8. The molecular weight excluding hydrogens is 432 g/mol. The van der Waals surface area contributed by atoms with Crippen molar-refractivity contribution in [3.05, 3.63) is 59.7 Å². The first-order valence-electron chi connectivity index (χ1n) is 12.0. The molecule has 180 valence electrons. The van der Waals surface area contributed by atoms with Gasteiger partial charge in [0.05, 0.1) is 0 Å². The van der Waals surface area contributed by atoms with Crippen LogP contribution in [-0.4, -0.2) is 41.3 Å². The van der Waals surface area contributed by atoms with Gasteiger partial charge in [-0.2, -0.15) is 0 Å². The Morgan fingerprint density at radius 1 is 1.03 bits per heavy atom. The van der Waals surface area contributed by atoms with Crippen LogP contribution in [0, 0.1) is 5.92 Å². The number of alkyl carbamates (subject to hydrolysis) is 1. The molecule has 4 rings (SSSR count). The lowest BCUT2D eigenvalue weighted by molar-refractivity contribution is -0.148. The van der Waals surface area contributed by atoms with E-state index in [9.17, 15) is 19.5 Å². The number of hydrogen-bond donors (Lipinski definition) is 3. The summed E-state index contributed by atoms with van der Waals surface area (Å²) in [4.78, 5) is 36.9. The van der Waals surface area contributed by atoms with Gasteiger partial charge in [-0.05, 0) is 54.9 Å². The van der Waals surface area contributed by atoms with E-state index >= 15 is 0 Å². The average Bonchev–Trinajstić information content (AvgIpc) is 3.16. The maximum atomic E-state index is 12.7. The number of benzene rings is 2. The van der Waals surface area contributed by atoms with E-state index in [0.29, 0.717) is 19.3 Å². The fraction of sp³-hybridized carbons (Fsp3) is 0.444. The molecule has 0 spiro atoms. The number of carbonyl (C=O) groups is 3. The Hall–Kier alpha value is -3.35. The third-order valence-corrected chi connectivity index (χ3v) is 7.29. The Morgan fingerprint density at radius 3 is 2.24 bits per heavy atom. The second-order valence-electron chi connectivity index (χ2n) is 9.51. The Bertz CT molecular complexity index is 1040. The molecule has 2 aliphatic rings. The van der Waals surface area contributed by atoms with Crippen molar-refractivity contribution in [2.45, 2.75) is 63.5 Å². The molecule has 0 radical (unpaired) electrons. The molecule has 1 fully saturated rings. The summed E-state index contributed by atoms with van der Waals surface area (Å²) in [7, 11) is 0. The summed E-state index contributed by atoms with van der Waals surface area (Å²) in [5.41, 5.74) is 3.37. The van der Waals surface area contributed by atoms with Crippen LogP contribution in [0.1, 0.15) is 63.0 Å². The normalized spacial score (nSPS) is 21.0. The van der Waals surface area contributed by atoms with E-state index in [-0.39, 0.29) is 30.4 Å². The molecule has 0 aromatic heterocycles. The molecule has 1 saturated carbocycles. The Kier molecular flexibility index (Phi) is 6.91. The summed E-state index contributed by atoms with van der Waals surface area (Å²) in [5, 5.41) is 15.0. The predicted octanol–water partition coefficient (Wildman–Crippen LogP) is 4.45. The van der Waals surface area contributed by atoms with Crippen molar-refractivity contribution in [3.63, 3.8) is 0 Å². The van der Waals surface area contributed by atoms with Crippen LogP contribution in [0.4, 0.5) is 4.79 Å². The van der Waals surface area contributed by atoms with Crippen LogP contribution in [0.3, 0.4) is 0 Å². The summed E-state index contributed by atoms with van der Waals surface area (Å²) < 4.78 is 5.64. The van der Waals surface area contributed by atoms with E-state index in [0.717, 1.165) is 24.0 Å². The lowest BCUT2D eigenvalue weighted by Gasteiger charge is -2.32. The molecule has 3 atom stereocenters. The van der Waals surface area contributed by atoms with Crippen molar-refractivity contribution < 1.29 is 24.2 Å². The minimum Gasteiger partial charge on any atom is -0.480 e. The zero-order chi connectivity index (χ0) is 24.3. The lowest BCUT2D eigenvalue weighted by atomic mass is 9.84. The highest BCUT2D eigenvalue weighted by Gasteiger charge is 2.37. The van der Waals surface area contributed by atoms with Crippen molar-refractivity contribution in [2.24, 2.45) is 5.92 Å². The topological polar surface area (TPSA) is 105 Å². The molecular formula is C27H32N2O5. The van der Waals surface area contributed by atoms with Crippen LogP contribution >= 0.6 is 0 Å². The van der Waals surface area contributed by atoms with Gasteiger partial charge in [-0.25, -0.2) is 9.59 Å². The van der Waals surface area contributed by atoms with Gasteiger partial charge in [0, 0.05) is 17.9 Å². The van der Waals surface area contributed by atoms with Crippen LogP contribution in [-0.2, 0) is 14.3 Å². The molecule has 7 nitrogen and oxygen atoms in total. The molecule has 0 heterocycles. The minimum absolute atomic E-state index is 0.00854. The highest BCUT2D eigenvalue weighted by Crippen LogP contribution is 2.44. The van der Waals surface area contributed by atoms with Gasteiger partial charge in [0.1, 0.15) is 12.1 Å². The molecule has 0 aliphatic heterocycles. The van der Waals surface area contributed by atoms with Crippen molar-refractivity contribution in [1.29, 1.82) is 0 Å². The Balaban J connectivity index is 1.33. The van der Waals surface area contributed by atoms with Gasteiger partial charge >= 0.3 is 12.1 Å². The zero-order valence-electron chi connectivity index (χ0n) is 19.7. The van der Waals surface area contributed by atoms with E-state index in [4.69, 9.17) is 4.74 Å². The van der Waals surface area contributed by atoms with Crippen LogP contribution in [0.15, 0.2) is 48.5 Å². The molecule has 2 aliphatic carbocycles. The fourth-order valence-electron chi connectivity index (χ4n) is 5.03. The predicted molar refractivity (Wildman–Crippen MR) is 128 cm³/mol. The van der Waals surface area contributed by atoms with E-state index in [2.05, 4.69) is 34.9 Å². The van der Waals surface area contributed by atoms with Crippen molar-refractivity contribution in [1.82, 2.24) is 10.6 Å². The smallest absolute Gasteiger partial charge is 0.407 e. The largest absolute Gasteiger partial charge is 0.480 e. The number of fused-ring (bicyclic) bond motifs is 3. The van der Waals surface area contributed by atoms with E-state index in [1.165, 1.54) is 18.1 Å². The van der Waals surface area contributed by atoms with Crippen LogP contribution in [0.2, 0.25) is 0 Å². The molecule has 2 aromatic rings. The molecule has 0 saturated heterocycles. The van der Waals surface area contributed by atoms with Crippen molar-refractivity contribution >= 4 is 18.0 Å². The fourth-order valence-corrected chi connectivity index (χ4v) is 5.03. The number of rotatable bonds is 7. The quantitative estimate of drug-likeness (QED) is 0.561. The van der Waals surface area contributed by atoms with Crippen LogP contribution in [0.5, 0.6) is 0 Å². The highest BCUT2D eigenvalue weighted by molar-refractivity contribution is 5.87. The van der Waals surface area contributed by atoms with E-state index in [1.807, 2.05) is 24.3 Å². The Morgan fingerprint density at radius 2 is 1.65 bits per heavy atom. The summed E-state index contributed by atoms with van der Waals surface area (Å²) in [6.07, 6.45) is 2.49. The first-order valence-corrected chi connectivity index (χ1v) is 12.0. The summed E-state index contributed by atoms with van der Waals surface area (Å²) in [5.74, 6) is -1.66. The maximum absolute atomic E-state index is 12.7. The molecule has 3 unspecified atom stereocenters. The molecule has 3 N–H and O–H groups in total. The number of hydrogen-bond acceptors (Lipinski definition) is 4. The van der Waals surface area contributed by atoms with Gasteiger partial charge in [0.2, 0.25) is 5.91 Å². The Labute approximate surface area is 199 Å². The average molecular weight is 465 g/mol. The number of carboxylic acids is 1.